The molecule has 8 heteroatoms. The zero-order chi connectivity index (χ0) is 21.8. The van der Waals surface area contributed by atoms with E-state index in [9.17, 15) is 4.79 Å². The van der Waals surface area contributed by atoms with E-state index in [2.05, 4.69) is 26.7 Å². The van der Waals surface area contributed by atoms with Crippen LogP contribution in [-0.4, -0.2) is 25.9 Å². The van der Waals surface area contributed by atoms with Gasteiger partial charge in [0.05, 0.1) is 0 Å². The summed E-state index contributed by atoms with van der Waals surface area (Å²) in [5.41, 5.74) is 2.36. The van der Waals surface area contributed by atoms with Gasteiger partial charge in [-0.05, 0) is 65.5 Å². The van der Waals surface area contributed by atoms with Crippen LogP contribution in [0.4, 0.5) is 5.69 Å². The van der Waals surface area contributed by atoms with Gasteiger partial charge < -0.3 is 10.1 Å². The maximum atomic E-state index is 12.6. The number of amides is 1. The van der Waals surface area contributed by atoms with Gasteiger partial charge in [0.2, 0.25) is 5.88 Å². The molecule has 3 heterocycles. The second-order valence-electron chi connectivity index (χ2n) is 6.82. The predicted molar refractivity (Wildman–Crippen MR) is 123 cm³/mol. The first-order valence-electron chi connectivity index (χ1n) is 9.81. The third kappa shape index (κ3) is 4.40. The maximum Gasteiger partial charge on any atom is 0.255 e. The largest absolute Gasteiger partial charge is 0.438 e. The van der Waals surface area contributed by atoms with Crippen LogP contribution in [0.2, 0.25) is 0 Å². The second kappa shape index (κ2) is 8.83. The summed E-state index contributed by atoms with van der Waals surface area (Å²) >= 11 is 1.67. The van der Waals surface area contributed by atoms with Crippen LogP contribution in [0.3, 0.4) is 0 Å². The SMILES string of the molecule is O=C(Nc1ccc(Oc2ccc(-n3cccn3)nn2)cc1)c1ccc(-c2cccs2)cc1. The van der Waals surface area contributed by atoms with Gasteiger partial charge in [0.1, 0.15) is 5.75 Å². The van der Waals surface area contributed by atoms with Crippen molar-refractivity contribution >= 4 is 22.9 Å². The lowest BCUT2D eigenvalue weighted by molar-refractivity contribution is 0.102. The van der Waals surface area contributed by atoms with Crippen molar-refractivity contribution in [1.29, 1.82) is 0 Å². The molecule has 0 saturated heterocycles. The first kappa shape index (κ1) is 19.7. The van der Waals surface area contributed by atoms with Crippen LogP contribution in [0.5, 0.6) is 11.6 Å². The Balaban J connectivity index is 1.20. The van der Waals surface area contributed by atoms with E-state index in [1.807, 2.05) is 41.8 Å². The quantitative estimate of drug-likeness (QED) is 0.381. The fraction of sp³-hybridized carbons (Fsp3) is 0. The second-order valence-corrected chi connectivity index (χ2v) is 7.76. The molecule has 0 spiro atoms. The first-order chi connectivity index (χ1) is 15.7. The van der Waals surface area contributed by atoms with E-state index in [1.165, 1.54) is 4.88 Å². The van der Waals surface area contributed by atoms with E-state index >= 15 is 0 Å². The summed E-state index contributed by atoms with van der Waals surface area (Å²) in [6.45, 7) is 0. The zero-order valence-electron chi connectivity index (χ0n) is 16.8. The van der Waals surface area contributed by atoms with E-state index in [4.69, 9.17) is 4.74 Å². The third-order valence-corrected chi connectivity index (χ3v) is 5.57. The topological polar surface area (TPSA) is 81.9 Å². The van der Waals surface area contributed by atoms with Crippen molar-refractivity contribution in [3.05, 3.63) is 102 Å². The molecule has 0 unspecified atom stereocenters. The summed E-state index contributed by atoms with van der Waals surface area (Å²) in [4.78, 5) is 13.7. The van der Waals surface area contributed by atoms with Gasteiger partial charge in [-0.25, -0.2) is 4.68 Å². The van der Waals surface area contributed by atoms with E-state index in [-0.39, 0.29) is 5.91 Å². The average Bonchev–Trinajstić information content (AvgIpc) is 3.56. The Kier molecular flexibility index (Phi) is 5.42. The first-order valence-corrected chi connectivity index (χ1v) is 10.7. The molecule has 156 valence electrons. The molecule has 0 aliphatic heterocycles. The summed E-state index contributed by atoms with van der Waals surface area (Å²) in [6, 6.07) is 24.0. The highest BCUT2D eigenvalue weighted by Crippen LogP contribution is 2.25. The smallest absolute Gasteiger partial charge is 0.255 e. The number of ether oxygens (including phenoxy) is 1. The molecule has 0 saturated carbocycles. The minimum absolute atomic E-state index is 0.170. The molecular weight excluding hydrogens is 422 g/mol. The lowest BCUT2D eigenvalue weighted by Crippen LogP contribution is -2.11. The van der Waals surface area contributed by atoms with Gasteiger partial charge in [-0.15, -0.1) is 21.5 Å². The van der Waals surface area contributed by atoms with E-state index < -0.39 is 0 Å². The molecular formula is C24H17N5O2S. The molecule has 32 heavy (non-hydrogen) atoms. The van der Waals surface area contributed by atoms with Crippen LogP contribution in [0.25, 0.3) is 16.3 Å². The van der Waals surface area contributed by atoms with Crippen molar-refractivity contribution in [2.75, 3.05) is 5.32 Å². The van der Waals surface area contributed by atoms with Gasteiger partial charge in [-0.2, -0.15) is 5.10 Å². The fourth-order valence-corrected chi connectivity index (χ4v) is 3.79. The summed E-state index contributed by atoms with van der Waals surface area (Å²) in [5.74, 6) is 1.38. The van der Waals surface area contributed by atoms with Gasteiger partial charge in [0.25, 0.3) is 5.91 Å². The Morgan fingerprint density at radius 2 is 1.75 bits per heavy atom. The molecule has 0 radical (unpaired) electrons. The van der Waals surface area contributed by atoms with Crippen LogP contribution in [0, 0.1) is 0 Å². The highest BCUT2D eigenvalue weighted by atomic mass is 32.1. The highest BCUT2D eigenvalue weighted by Gasteiger charge is 2.08. The number of nitrogens with zero attached hydrogens (tertiary/aromatic N) is 4. The Hall–Kier alpha value is -4.30. The van der Waals surface area contributed by atoms with Gasteiger partial charge in [0.15, 0.2) is 5.82 Å². The number of anilines is 1. The van der Waals surface area contributed by atoms with Gasteiger partial charge in [-0.1, -0.05) is 18.2 Å². The zero-order valence-corrected chi connectivity index (χ0v) is 17.6. The summed E-state index contributed by atoms with van der Waals surface area (Å²) in [7, 11) is 0. The summed E-state index contributed by atoms with van der Waals surface area (Å²) in [5, 5.41) is 17.2. The monoisotopic (exact) mass is 439 g/mol. The molecule has 3 aromatic heterocycles. The van der Waals surface area contributed by atoms with E-state index in [0.717, 1.165) is 5.56 Å². The molecule has 5 rings (SSSR count). The molecule has 0 aliphatic rings. The Labute approximate surface area is 188 Å². The minimum atomic E-state index is -0.170. The number of benzene rings is 2. The van der Waals surface area contributed by atoms with Crippen molar-refractivity contribution in [1.82, 2.24) is 20.0 Å². The Bertz CT molecular complexity index is 1300. The van der Waals surface area contributed by atoms with Crippen LogP contribution >= 0.6 is 11.3 Å². The normalized spacial score (nSPS) is 10.6. The molecule has 2 aromatic carbocycles. The number of hydrogen-bond acceptors (Lipinski definition) is 6. The standard InChI is InChI=1S/C24H17N5O2S/c30-24(18-6-4-17(5-7-18)21-3-1-16-32-21)26-19-8-10-20(11-9-19)31-23-13-12-22(27-28-23)29-15-2-14-25-29/h1-16H,(H,26,30). The lowest BCUT2D eigenvalue weighted by Gasteiger charge is -2.08. The van der Waals surface area contributed by atoms with Gasteiger partial charge in [0, 0.05) is 34.6 Å². The number of carbonyl (C=O) groups is 1. The molecule has 1 N–H and O–H groups in total. The molecule has 0 bridgehead atoms. The maximum absolute atomic E-state index is 12.6. The number of carbonyl (C=O) groups excluding carboxylic acids is 1. The van der Waals surface area contributed by atoms with E-state index in [0.29, 0.717) is 28.7 Å². The third-order valence-electron chi connectivity index (χ3n) is 4.65. The van der Waals surface area contributed by atoms with Crippen molar-refractivity contribution in [2.45, 2.75) is 0 Å². The molecule has 0 aliphatic carbocycles. The fourth-order valence-electron chi connectivity index (χ4n) is 3.05. The van der Waals surface area contributed by atoms with Crippen LogP contribution in [-0.2, 0) is 0 Å². The van der Waals surface area contributed by atoms with Crippen LogP contribution in [0.1, 0.15) is 10.4 Å². The number of nitrogens with one attached hydrogen (secondary N) is 1. The molecule has 1 amide bonds. The number of thiophene rings is 1. The Morgan fingerprint density at radius 3 is 2.41 bits per heavy atom. The number of aromatic nitrogens is 4. The van der Waals surface area contributed by atoms with Crippen molar-refractivity contribution in [3.8, 4) is 27.9 Å². The molecule has 7 nitrogen and oxygen atoms in total. The predicted octanol–water partition coefficient (Wildman–Crippen LogP) is 5.44. The van der Waals surface area contributed by atoms with Gasteiger partial charge >= 0.3 is 0 Å². The molecule has 0 fully saturated rings. The van der Waals surface area contributed by atoms with Gasteiger partial charge in [-0.3, -0.25) is 4.79 Å². The van der Waals surface area contributed by atoms with Crippen molar-refractivity contribution < 1.29 is 9.53 Å². The van der Waals surface area contributed by atoms with Crippen LogP contribution < -0.4 is 10.1 Å². The van der Waals surface area contributed by atoms with Crippen molar-refractivity contribution in [3.63, 3.8) is 0 Å². The number of rotatable bonds is 6. The Morgan fingerprint density at radius 1 is 0.906 bits per heavy atom. The molecule has 5 aromatic rings. The summed E-state index contributed by atoms with van der Waals surface area (Å²) in [6.07, 6.45) is 3.46. The van der Waals surface area contributed by atoms with Crippen LogP contribution in [0.15, 0.2) is 96.6 Å². The van der Waals surface area contributed by atoms with E-state index in [1.54, 1.807) is 64.8 Å². The highest BCUT2D eigenvalue weighted by molar-refractivity contribution is 7.13. The number of hydrogen-bond donors (Lipinski definition) is 1. The van der Waals surface area contributed by atoms with Crippen molar-refractivity contribution in [2.24, 2.45) is 0 Å². The minimum Gasteiger partial charge on any atom is -0.438 e. The lowest BCUT2D eigenvalue weighted by atomic mass is 10.1. The molecule has 0 atom stereocenters. The summed E-state index contributed by atoms with van der Waals surface area (Å²) < 4.78 is 7.34. The average molecular weight is 440 g/mol.